The summed E-state index contributed by atoms with van der Waals surface area (Å²) in [7, 11) is 0. The number of amides is 1. The molecule has 1 fully saturated rings. The molecule has 1 aromatic rings. The van der Waals surface area contributed by atoms with E-state index in [0.29, 0.717) is 25.2 Å². The number of hydrogen-bond acceptors (Lipinski definition) is 4. The van der Waals surface area contributed by atoms with E-state index in [-0.39, 0.29) is 23.7 Å². The minimum Gasteiger partial charge on any atom is -0.508 e. The predicted octanol–water partition coefficient (Wildman–Crippen LogP) is 3.02. The summed E-state index contributed by atoms with van der Waals surface area (Å²) >= 11 is 0. The van der Waals surface area contributed by atoms with E-state index in [2.05, 4.69) is 5.32 Å². The summed E-state index contributed by atoms with van der Waals surface area (Å²) in [5, 5.41) is 13.0. The van der Waals surface area contributed by atoms with Gasteiger partial charge in [0.15, 0.2) is 0 Å². The molecule has 128 valence electrons. The molecule has 1 heterocycles. The third-order valence-corrected chi connectivity index (χ3v) is 3.70. The van der Waals surface area contributed by atoms with Crippen molar-refractivity contribution in [3.63, 3.8) is 0 Å². The van der Waals surface area contributed by atoms with E-state index in [4.69, 9.17) is 4.74 Å². The number of aromatic hydroxyl groups is 1. The van der Waals surface area contributed by atoms with Crippen LogP contribution in [0.2, 0.25) is 0 Å². The summed E-state index contributed by atoms with van der Waals surface area (Å²) in [5.41, 5.74) is 0.00421. The van der Waals surface area contributed by atoms with Gasteiger partial charge in [-0.3, -0.25) is 0 Å². The van der Waals surface area contributed by atoms with E-state index in [9.17, 15) is 14.3 Å². The molecular weight excluding hydrogens is 299 g/mol. The van der Waals surface area contributed by atoms with Gasteiger partial charge in [0.05, 0.1) is 0 Å². The largest absolute Gasteiger partial charge is 0.508 e. The van der Waals surface area contributed by atoms with Crippen molar-refractivity contribution in [1.29, 1.82) is 0 Å². The fourth-order valence-corrected chi connectivity index (χ4v) is 2.59. The second kappa shape index (κ2) is 7.17. The molecule has 2 N–H and O–H groups in total. The van der Waals surface area contributed by atoms with Crippen LogP contribution in [0, 0.1) is 5.82 Å². The molecule has 0 spiro atoms. The summed E-state index contributed by atoms with van der Waals surface area (Å²) < 4.78 is 18.6. The van der Waals surface area contributed by atoms with E-state index in [1.165, 1.54) is 18.2 Å². The summed E-state index contributed by atoms with van der Waals surface area (Å²) in [6.45, 7) is 7.12. The van der Waals surface area contributed by atoms with Crippen molar-refractivity contribution in [2.45, 2.75) is 51.8 Å². The third-order valence-electron chi connectivity index (χ3n) is 3.70. The standard InChI is InChI=1S/C17H25FN2O3/c1-17(2,3)23-16(22)20-8-4-5-14(11-20)19-10-12-9-13(18)6-7-15(12)21/h6-7,9,14,19,21H,4-5,8,10-11H2,1-3H3. The quantitative estimate of drug-likeness (QED) is 0.897. The average Bonchev–Trinajstić information content (AvgIpc) is 2.47. The van der Waals surface area contributed by atoms with Crippen LogP contribution >= 0.6 is 0 Å². The molecule has 1 atom stereocenters. The molecule has 0 radical (unpaired) electrons. The van der Waals surface area contributed by atoms with Crippen LogP contribution < -0.4 is 5.32 Å². The second-order valence-corrected chi connectivity index (χ2v) is 6.92. The molecule has 1 aliphatic heterocycles. The van der Waals surface area contributed by atoms with Gasteiger partial charge in [-0.15, -0.1) is 0 Å². The number of carbonyl (C=O) groups is 1. The number of nitrogens with zero attached hydrogens (tertiary/aromatic N) is 1. The van der Waals surface area contributed by atoms with Crippen LogP contribution in [0.3, 0.4) is 0 Å². The van der Waals surface area contributed by atoms with Crippen LogP contribution in [-0.2, 0) is 11.3 Å². The lowest BCUT2D eigenvalue weighted by molar-refractivity contribution is 0.0187. The number of phenolic OH excluding ortho intramolecular Hbond substituents is 1. The van der Waals surface area contributed by atoms with Crippen molar-refractivity contribution in [3.8, 4) is 5.75 Å². The molecule has 0 aliphatic carbocycles. The number of hydrogen-bond donors (Lipinski definition) is 2. The lowest BCUT2D eigenvalue weighted by Gasteiger charge is -2.34. The van der Waals surface area contributed by atoms with Gasteiger partial charge in [-0.25, -0.2) is 9.18 Å². The number of piperidine rings is 1. The Labute approximate surface area is 136 Å². The van der Waals surface area contributed by atoms with Gasteiger partial charge in [-0.05, 0) is 51.8 Å². The molecule has 23 heavy (non-hydrogen) atoms. The first-order valence-electron chi connectivity index (χ1n) is 7.93. The number of benzene rings is 1. The highest BCUT2D eigenvalue weighted by Crippen LogP contribution is 2.19. The highest BCUT2D eigenvalue weighted by Gasteiger charge is 2.27. The second-order valence-electron chi connectivity index (χ2n) is 6.92. The van der Waals surface area contributed by atoms with Gasteiger partial charge in [0, 0.05) is 31.2 Å². The van der Waals surface area contributed by atoms with Crippen molar-refractivity contribution in [2.24, 2.45) is 0 Å². The van der Waals surface area contributed by atoms with E-state index >= 15 is 0 Å². The van der Waals surface area contributed by atoms with Crippen LogP contribution in [0.25, 0.3) is 0 Å². The first-order valence-corrected chi connectivity index (χ1v) is 7.93. The van der Waals surface area contributed by atoms with E-state index < -0.39 is 5.60 Å². The Kier molecular flexibility index (Phi) is 5.46. The summed E-state index contributed by atoms with van der Waals surface area (Å²) in [6, 6.07) is 3.99. The van der Waals surface area contributed by atoms with Gasteiger partial charge >= 0.3 is 6.09 Å². The molecule has 1 saturated heterocycles. The number of phenols is 1. The smallest absolute Gasteiger partial charge is 0.410 e. The number of rotatable bonds is 3. The van der Waals surface area contributed by atoms with Crippen LogP contribution in [-0.4, -0.2) is 40.8 Å². The molecule has 6 heteroatoms. The third kappa shape index (κ3) is 5.39. The number of ether oxygens (including phenoxy) is 1. The molecule has 1 unspecified atom stereocenters. The van der Waals surface area contributed by atoms with Crippen molar-refractivity contribution in [2.75, 3.05) is 13.1 Å². The maximum Gasteiger partial charge on any atom is 0.410 e. The fourth-order valence-electron chi connectivity index (χ4n) is 2.59. The SMILES string of the molecule is CC(C)(C)OC(=O)N1CCCC(NCc2cc(F)ccc2O)C1. The van der Waals surface area contributed by atoms with Crippen LogP contribution in [0.1, 0.15) is 39.2 Å². The number of likely N-dealkylation sites (tertiary alicyclic amines) is 1. The van der Waals surface area contributed by atoms with Crippen LogP contribution in [0.15, 0.2) is 18.2 Å². The van der Waals surface area contributed by atoms with Crippen molar-refractivity contribution in [3.05, 3.63) is 29.6 Å². The Balaban J connectivity index is 1.89. The topological polar surface area (TPSA) is 61.8 Å². The molecule has 1 amide bonds. The van der Waals surface area contributed by atoms with Crippen molar-refractivity contribution in [1.82, 2.24) is 10.2 Å². The fraction of sp³-hybridized carbons (Fsp3) is 0.588. The molecule has 1 aliphatic rings. The minimum absolute atomic E-state index is 0.0682. The molecule has 5 nitrogen and oxygen atoms in total. The molecule has 0 aromatic heterocycles. The Morgan fingerprint density at radius 2 is 2.22 bits per heavy atom. The normalized spacial score (nSPS) is 18.8. The van der Waals surface area contributed by atoms with Gasteiger partial charge in [0.1, 0.15) is 17.2 Å². The zero-order valence-corrected chi connectivity index (χ0v) is 13.9. The first-order chi connectivity index (χ1) is 10.7. The van der Waals surface area contributed by atoms with E-state index in [1.54, 1.807) is 4.90 Å². The zero-order chi connectivity index (χ0) is 17.0. The van der Waals surface area contributed by atoms with Gasteiger partial charge in [-0.2, -0.15) is 0 Å². The molecule has 0 bridgehead atoms. The van der Waals surface area contributed by atoms with Gasteiger partial charge in [-0.1, -0.05) is 0 Å². The van der Waals surface area contributed by atoms with Crippen LogP contribution in [0.4, 0.5) is 9.18 Å². The molecular formula is C17H25FN2O3. The Bertz CT molecular complexity index is 557. The predicted molar refractivity (Wildman–Crippen MR) is 85.7 cm³/mol. The molecule has 0 saturated carbocycles. The maximum atomic E-state index is 13.2. The minimum atomic E-state index is -0.509. The lowest BCUT2D eigenvalue weighted by Crippen LogP contribution is -2.49. The average molecular weight is 324 g/mol. The highest BCUT2D eigenvalue weighted by molar-refractivity contribution is 5.68. The van der Waals surface area contributed by atoms with Gasteiger partial charge in [0.2, 0.25) is 0 Å². The molecule has 2 rings (SSSR count). The van der Waals surface area contributed by atoms with Gasteiger partial charge < -0.3 is 20.1 Å². The molecule has 1 aromatic carbocycles. The highest BCUT2D eigenvalue weighted by atomic mass is 19.1. The first kappa shape index (κ1) is 17.5. The summed E-state index contributed by atoms with van der Waals surface area (Å²) in [4.78, 5) is 13.8. The van der Waals surface area contributed by atoms with Crippen molar-refractivity contribution < 1.29 is 19.0 Å². The van der Waals surface area contributed by atoms with E-state index in [0.717, 1.165) is 12.8 Å². The van der Waals surface area contributed by atoms with Gasteiger partial charge in [0.25, 0.3) is 0 Å². The van der Waals surface area contributed by atoms with Crippen LogP contribution in [0.5, 0.6) is 5.75 Å². The summed E-state index contributed by atoms with van der Waals surface area (Å²) in [6.07, 6.45) is 1.50. The number of nitrogens with one attached hydrogen (secondary N) is 1. The van der Waals surface area contributed by atoms with E-state index in [1.807, 2.05) is 20.8 Å². The Hall–Kier alpha value is -1.82. The van der Waals surface area contributed by atoms with Crippen molar-refractivity contribution >= 4 is 6.09 Å². The summed E-state index contributed by atoms with van der Waals surface area (Å²) in [5.74, 6) is -0.308. The monoisotopic (exact) mass is 324 g/mol. The number of halogens is 1. The Morgan fingerprint density at radius 3 is 2.91 bits per heavy atom. The maximum absolute atomic E-state index is 13.2. The zero-order valence-electron chi connectivity index (χ0n) is 13.9. The Morgan fingerprint density at radius 1 is 1.48 bits per heavy atom. The number of carbonyl (C=O) groups excluding carboxylic acids is 1. The lowest BCUT2D eigenvalue weighted by atomic mass is 10.1.